The second kappa shape index (κ2) is 13.8. The fourth-order valence-corrected chi connectivity index (χ4v) is 8.86. The molecule has 3 heterocycles. The van der Waals surface area contributed by atoms with E-state index < -0.39 is 29.7 Å². The molecule has 5 aliphatic rings. The highest BCUT2D eigenvalue weighted by Gasteiger charge is 2.51. The van der Waals surface area contributed by atoms with Gasteiger partial charge in [-0.1, -0.05) is 12.1 Å². The highest BCUT2D eigenvalue weighted by atomic mass is 19.1. The van der Waals surface area contributed by atoms with Crippen molar-refractivity contribution in [1.82, 2.24) is 19.7 Å². The van der Waals surface area contributed by atoms with Gasteiger partial charge in [0.1, 0.15) is 11.9 Å². The summed E-state index contributed by atoms with van der Waals surface area (Å²) in [6.07, 6.45) is 10.3. The van der Waals surface area contributed by atoms with E-state index in [0.717, 1.165) is 56.0 Å². The summed E-state index contributed by atoms with van der Waals surface area (Å²) in [6.45, 7) is 6.77. The molecule has 2 bridgehead atoms. The van der Waals surface area contributed by atoms with Crippen molar-refractivity contribution in [2.24, 2.45) is 11.3 Å². The number of nitrogens with zero attached hydrogens (tertiary/aromatic N) is 5. The van der Waals surface area contributed by atoms with Crippen molar-refractivity contribution >= 4 is 17.8 Å². The molecule has 10 nitrogen and oxygen atoms in total. The van der Waals surface area contributed by atoms with E-state index in [1.165, 1.54) is 21.6 Å². The minimum Gasteiger partial charge on any atom is -0.496 e. The van der Waals surface area contributed by atoms with Gasteiger partial charge in [0.05, 0.1) is 44.3 Å². The van der Waals surface area contributed by atoms with E-state index in [0.29, 0.717) is 37.8 Å². The third kappa shape index (κ3) is 6.71. The van der Waals surface area contributed by atoms with Crippen molar-refractivity contribution < 1.29 is 33.0 Å². The largest absolute Gasteiger partial charge is 0.496 e. The molecular weight excluding hydrogens is 656 g/mol. The van der Waals surface area contributed by atoms with E-state index in [1.807, 2.05) is 19.9 Å². The van der Waals surface area contributed by atoms with Crippen molar-refractivity contribution in [1.29, 1.82) is 0 Å². The number of likely N-dealkylation sites (tertiary alicyclic amines) is 1. The molecule has 2 aromatic heterocycles. The van der Waals surface area contributed by atoms with Crippen LogP contribution >= 0.6 is 0 Å². The minimum absolute atomic E-state index is 0.00168. The van der Waals surface area contributed by atoms with Crippen molar-refractivity contribution in [2.45, 2.75) is 109 Å². The fourth-order valence-electron chi connectivity index (χ4n) is 8.86. The molecule has 0 radical (unpaired) electrons. The van der Waals surface area contributed by atoms with Crippen molar-refractivity contribution in [3.63, 3.8) is 0 Å². The first kappa shape index (κ1) is 35.3. The van der Waals surface area contributed by atoms with Crippen molar-refractivity contribution in [3.05, 3.63) is 59.6 Å². The molecule has 51 heavy (non-hydrogen) atoms. The number of pyridine rings is 1. The third-order valence-electron chi connectivity index (χ3n) is 12.2. The molecule has 0 spiro atoms. The molecule has 1 aromatic carbocycles. The Morgan fingerprint density at radius 3 is 2.31 bits per heavy atom. The predicted molar refractivity (Wildman–Crippen MR) is 187 cm³/mol. The van der Waals surface area contributed by atoms with E-state index in [2.05, 4.69) is 29.1 Å². The number of aromatic nitrogens is 3. The molecule has 4 aliphatic carbocycles. The van der Waals surface area contributed by atoms with Gasteiger partial charge in [0.15, 0.2) is 17.5 Å². The van der Waals surface area contributed by atoms with E-state index in [9.17, 15) is 14.7 Å². The predicted octanol–water partition coefficient (Wildman–Crippen LogP) is 7.12. The molecule has 4 saturated carbocycles. The van der Waals surface area contributed by atoms with E-state index in [-0.39, 0.29) is 53.4 Å². The summed E-state index contributed by atoms with van der Waals surface area (Å²) >= 11 is 0. The number of carbonyl (C=O) groups excluding carboxylic acids is 2. The van der Waals surface area contributed by atoms with Crippen LogP contribution in [0.25, 0.3) is 11.1 Å². The molecule has 0 unspecified atom stereocenters. The van der Waals surface area contributed by atoms with Gasteiger partial charge in [-0.25, -0.2) is 18.6 Å². The number of aliphatic hydroxyl groups is 1. The Balaban J connectivity index is 1.14. The van der Waals surface area contributed by atoms with Gasteiger partial charge in [-0.3, -0.25) is 14.4 Å². The Kier molecular flexibility index (Phi) is 9.58. The summed E-state index contributed by atoms with van der Waals surface area (Å²) in [4.78, 5) is 34.3. The number of fused-ring (bicyclic) bond motifs is 3. The summed E-state index contributed by atoms with van der Waals surface area (Å²) in [5, 5.41) is 13.9. The molecular formula is C39H49F2N5O5. The number of aliphatic hydroxyl groups excluding tert-OH is 1. The van der Waals surface area contributed by atoms with Gasteiger partial charge in [0.2, 0.25) is 5.91 Å². The van der Waals surface area contributed by atoms with Crippen LogP contribution in [0.3, 0.4) is 0 Å². The van der Waals surface area contributed by atoms with Gasteiger partial charge >= 0.3 is 6.09 Å². The molecule has 12 heteroatoms. The summed E-state index contributed by atoms with van der Waals surface area (Å²) in [5.74, 6) is -1.60. The van der Waals surface area contributed by atoms with Gasteiger partial charge < -0.3 is 19.5 Å². The number of hydrogen-bond donors (Lipinski definition) is 1. The van der Waals surface area contributed by atoms with E-state index >= 15 is 8.78 Å². The molecule has 1 N–H and O–H groups in total. The lowest BCUT2D eigenvalue weighted by molar-refractivity contribution is -0.125. The maximum Gasteiger partial charge on any atom is 0.410 e. The van der Waals surface area contributed by atoms with Crippen LogP contribution in [0.4, 0.5) is 19.4 Å². The number of halogens is 2. The zero-order valence-electron chi connectivity index (χ0n) is 30.0. The summed E-state index contributed by atoms with van der Waals surface area (Å²) in [5.41, 5.74) is 2.32. The smallest absolute Gasteiger partial charge is 0.410 e. The average Bonchev–Trinajstić information content (AvgIpc) is 3.61. The molecule has 274 valence electrons. The van der Waals surface area contributed by atoms with Gasteiger partial charge in [0.25, 0.3) is 0 Å². The molecule has 1 saturated heterocycles. The Hall–Kier alpha value is -4.06. The number of carbonyl (C=O) groups is 2. The maximum absolute atomic E-state index is 16.7. The number of rotatable bonds is 9. The first-order valence-electron chi connectivity index (χ1n) is 18.4. The van der Waals surface area contributed by atoms with Gasteiger partial charge in [0, 0.05) is 30.3 Å². The maximum atomic E-state index is 16.7. The minimum atomic E-state index is -0.864. The topological polar surface area (TPSA) is 110 Å². The molecule has 8 rings (SSSR count). The van der Waals surface area contributed by atoms with Gasteiger partial charge in [-0.05, 0) is 113 Å². The Morgan fingerprint density at radius 1 is 1.04 bits per heavy atom. The van der Waals surface area contributed by atoms with Crippen molar-refractivity contribution in [3.8, 4) is 16.9 Å². The Bertz CT molecular complexity index is 1760. The molecule has 0 atom stereocenters. The number of amides is 2. The number of ether oxygens (including phenoxy) is 2. The quantitative estimate of drug-likeness (QED) is 0.253. The molecule has 2 amide bonds. The zero-order chi connectivity index (χ0) is 36.1. The van der Waals surface area contributed by atoms with E-state index in [4.69, 9.17) is 9.47 Å². The highest BCUT2D eigenvalue weighted by Crippen LogP contribution is 2.58. The van der Waals surface area contributed by atoms with Gasteiger partial charge in [-0.15, -0.1) is 0 Å². The zero-order valence-corrected chi connectivity index (χ0v) is 30.0. The lowest BCUT2D eigenvalue weighted by Crippen LogP contribution is -2.54. The number of β-amino-alcohol motifs (C(OH)–C–C–N with tert-alkyl or cyclic N) is 1. The summed E-state index contributed by atoms with van der Waals surface area (Å²) < 4.78 is 44.9. The Labute approximate surface area is 298 Å². The molecule has 1 aliphatic heterocycles. The van der Waals surface area contributed by atoms with Crippen LogP contribution in [0.2, 0.25) is 0 Å². The molecule has 5 fully saturated rings. The Morgan fingerprint density at radius 2 is 1.73 bits per heavy atom. The number of hydrogen-bond acceptors (Lipinski definition) is 7. The van der Waals surface area contributed by atoms with Crippen LogP contribution < -0.4 is 9.64 Å². The number of aryl methyl sites for hydroxylation is 1. The van der Waals surface area contributed by atoms with Crippen LogP contribution in [-0.2, 0) is 14.9 Å². The van der Waals surface area contributed by atoms with Gasteiger partial charge in [-0.2, -0.15) is 5.10 Å². The van der Waals surface area contributed by atoms with Crippen molar-refractivity contribution in [2.75, 3.05) is 31.6 Å². The lowest BCUT2D eigenvalue weighted by Gasteiger charge is -2.55. The first-order valence-corrected chi connectivity index (χ1v) is 18.4. The third-order valence-corrected chi connectivity index (χ3v) is 12.2. The normalized spacial score (nSPS) is 26.2. The SMILES string of the molecule is COc1ccc(C23CCC(CN(C(=O)C4CCC(OC(=O)N5CC(O)C5)CC4)c4ncc(F)c(-c5cnn(C(C)C)c5)c4F)(CC2)CC3)cc1C. The first-order chi connectivity index (χ1) is 24.4. The van der Waals surface area contributed by atoms with Crippen LogP contribution in [0, 0.1) is 29.9 Å². The number of benzene rings is 1. The van der Waals surface area contributed by atoms with Crippen LogP contribution in [0.1, 0.15) is 95.2 Å². The average molecular weight is 706 g/mol. The summed E-state index contributed by atoms with van der Waals surface area (Å²) in [7, 11) is 1.69. The lowest BCUT2D eigenvalue weighted by atomic mass is 9.51. The van der Waals surface area contributed by atoms with Crippen LogP contribution in [0.5, 0.6) is 5.75 Å². The summed E-state index contributed by atoms with van der Waals surface area (Å²) in [6, 6.07) is 6.48. The van der Waals surface area contributed by atoms with Crippen LogP contribution in [-0.4, -0.2) is 75.7 Å². The van der Waals surface area contributed by atoms with Crippen LogP contribution in [0.15, 0.2) is 36.8 Å². The highest BCUT2D eigenvalue weighted by molar-refractivity contribution is 5.95. The molecule has 3 aromatic rings. The second-order valence-electron chi connectivity index (χ2n) is 15.7. The fraction of sp³-hybridized carbons (Fsp3) is 0.590. The standard InChI is InChI=1S/C39H49F2N5O5/c1-24(2)46-20-27(18-43-46)33-31(40)19-42-35(34(33)41)45(36(48)26-5-8-30(9-6-26)51-37(49)44-21-29(47)22-44)23-38-11-14-39(15-12-38,16-13-38)28-7-10-32(50-4)25(3)17-28/h7,10,17-20,24,26,29-30,47H,5-6,8-9,11-16,21-23H2,1-4H3. The second-order valence-corrected chi connectivity index (χ2v) is 15.7. The van der Waals surface area contributed by atoms with E-state index in [1.54, 1.807) is 18.0 Å². The number of methoxy groups -OCH3 is 1. The monoisotopic (exact) mass is 705 g/mol. The number of anilines is 1.